The lowest BCUT2D eigenvalue weighted by Crippen LogP contribution is -2.50. The van der Waals surface area contributed by atoms with E-state index in [9.17, 15) is 9.59 Å². The summed E-state index contributed by atoms with van der Waals surface area (Å²) in [6.45, 7) is 2.68. The molecular weight excluding hydrogens is 264 g/mol. The molecule has 0 spiro atoms. The van der Waals surface area contributed by atoms with Gasteiger partial charge in [0.2, 0.25) is 0 Å². The van der Waals surface area contributed by atoms with E-state index in [-0.39, 0.29) is 12.1 Å². The first-order valence-electron chi connectivity index (χ1n) is 7.05. The van der Waals surface area contributed by atoms with E-state index >= 15 is 0 Å². The predicted molar refractivity (Wildman–Crippen MR) is 75.5 cm³/mol. The first-order chi connectivity index (χ1) is 9.13. The number of carboxylic acids is 1. The second-order valence-electron chi connectivity index (χ2n) is 5.17. The Labute approximate surface area is 118 Å². The molecule has 2 aliphatic rings. The van der Waals surface area contributed by atoms with Crippen LogP contribution in [0.2, 0.25) is 0 Å². The lowest BCUT2D eigenvalue weighted by Gasteiger charge is -2.26. The Morgan fingerprint density at radius 3 is 2.79 bits per heavy atom. The maximum absolute atomic E-state index is 12.2. The molecule has 2 N–H and O–H groups in total. The fourth-order valence-corrected chi connectivity index (χ4v) is 4.21. The average Bonchev–Trinajstić information content (AvgIpc) is 2.98. The zero-order valence-corrected chi connectivity index (χ0v) is 12.1. The Hall–Kier alpha value is -0.910. The fraction of sp³-hybridized carbons (Fsp3) is 0.846. The van der Waals surface area contributed by atoms with Crippen molar-refractivity contribution in [2.24, 2.45) is 0 Å². The Balaban J connectivity index is 1.91. The highest BCUT2D eigenvalue weighted by atomic mass is 32.2. The van der Waals surface area contributed by atoms with Crippen molar-refractivity contribution in [1.29, 1.82) is 0 Å². The van der Waals surface area contributed by atoms with Crippen LogP contribution in [0.1, 0.15) is 39.0 Å². The molecule has 108 valence electrons. The van der Waals surface area contributed by atoms with Gasteiger partial charge in [0.1, 0.15) is 6.04 Å². The van der Waals surface area contributed by atoms with Crippen LogP contribution >= 0.6 is 11.8 Å². The van der Waals surface area contributed by atoms with Crippen LogP contribution < -0.4 is 5.32 Å². The number of hydrogen-bond donors (Lipinski definition) is 2. The number of amides is 2. The molecular formula is C13H22N2O3S. The molecule has 6 heteroatoms. The summed E-state index contributed by atoms with van der Waals surface area (Å²) >= 11 is 1.89. The van der Waals surface area contributed by atoms with E-state index in [1.165, 1.54) is 4.90 Å². The fourth-order valence-electron chi connectivity index (χ4n) is 3.01. The molecule has 1 aliphatic heterocycles. The summed E-state index contributed by atoms with van der Waals surface area (Å²) in [6, 6.07) is -0.635. The van der Waals surface area contributed by atoms with Crippen molar-refractivity contribution < 1.29 is 14.7 Å². The lowest BCUT2D eigenvalue weighted by atomic mass is 10.2. The Bertz CT molecular complexity index is 351. The zero-order chi connectivity index (χ0) is 13.8. The van der Waals surface area contributed by atoms with Crippen LogP contribution in [0.5, 0.6) is 0 Å². The Kier molecular flexibility index (Phi) is 4.96. The van der Waals surface area contributed by atoms with Gasteiger partial charge in [0.25, 0.3) is 0 Å². The molecule has 19 heavy (non-hydrogen) atoms. The van der Waals surface area contributed by atoms with E-state index in [0.29, 0.717) is 18.2 Å². The van der Waals surface area contributed by atoms with Crippen molar-refractivity contribution in [3.63, 3.8) is 0 Å². The summed E-state index contributed by atoms with van der Waals surface area (Å²) < 4.78 is 0. The van der Waals surface area contributed by atoms with Crippen LogP contribution in [0, 0.1) is 0 Å². The number of carbonyl (C=O) groups excluding carboxylic acids is 1. The number of urea groups is 1. The zero-order valence-electron chi connectivity index (χ0n) is 11.3. The first kappa shape index (κ1) is 14.5. The molecule has 2 fully saturated rings. The van der Waals surface area contributed by atoms with Crippen molar-refractivity contribution in [3.05, 3.63) is 0 Å². The van der Waals surface area contributed by atoms with E-state index < -0.39 is 12.0 Å². The molecule has 1 saturated heterocycles. The largest absolute Gasteiger partial charge is 0.480 e. The first-order valence-corrected chi connectivity index (χ1v) is 8.10. The van der Waals surface area contributed by atoms with Crippen molar-refractivity contribution in [1.82, 2.24) is 10.2 Å². The van der Waals surface area contributed by atoms with Gasteiger partial charge in [-0.1, -0.05) is 13.3 Å². The van der Waals surface area contributed by atoms with E-state index in [4.69, 9.17) is 5.11 Å². The van der Waals surface area contributed by atoms with Crippen LogP contribution in [0.25, 0.3) is 0 Å². The Morgan fingerprint density at radius 2 is 2.11 bits per heavy atom. The monoisotopic (exact) mass is 286 g/mol. The number of thioether (sulfide) groups is 1. The van der Waals surface area contributed by atoms with Crippen LogP contribution in [-0.4, -0.2) is 51.6 Å². The van der Waals surface area contributed by atoms with Crippen LogP contribution in [0.15, 0.2) is 0 Å². The maximum Gasteiger partial charge on any atom is 0.326 e. The second kappa shape index (κ2) is 6.50. The van der Waals surface area contributed by atoms with Crippen LogP contribution in [-0.2, 0) is 4.79 Å². The van der Waals surface area contributed by atoms with Gasteiger partial charge in [-0.25, -0.2) is 9.59 Å². The third-order valence-corrected chi connectivity index (χ3v) is 5.27. The van der Waals surface area contributed by atoms with E-state index in [1.54, 1.807) is 0 Å². The number of carbonyl (C=O) groups is 2. The standard InChI is InChI=1S/C13H22N2O3S/c1-2-19-11-7-3-5-9(11)14-13(18)15-8-4-6-10(15)12(16)17/h9-11H,2-8H2,1H3,(H,14,18)(H,16,17). The molecule has 1 saturated carbocycles. The number of hydrogen-bond acceptors (Lipinski definition) is 3. The Morgan fingerprint density at radius 1 is 1.32 bits per heavy atom. The van der Waals surface area contributed by atoms with Crippen molar-refractivity contribution >= 4 is 23.8 Å². The van der Waals surface area contributed by atoms with Gasteiger partial charge in [0.05, 0.1) is 0 Å². The minimum absolute atomic E-state index is 0.196. The molecule has 1 heterocycles. The summed E-state index contributed by atoms with van der Waals surface area (Å²) in [5.41, 5.74) is 0. The number of nitrogens with zero attached hydrogens (tertiary/aromatic N) is 1. The molecule has 2 amide bonds. The smallest absolute Gasteiger partial charge is 0.326 e. The van der Waals surface area contributed by atoms with E-state index in [1.807, 2.05) is 11.8 Å². The molecule has 0 aromatic carbocycles. The van der Waals surface area contributed by atoms with Gasteiger partial charge in [0, 0.05) is 17.8 Å². The number of carboxylic acid groups (broad SMARTS) is 1. The van der Waals surface area contributed by atoms with Crippen molar-refractivity contribution in [3.8, 4) is 0 Å². The number of rotatable bonds is 4. The van der Waals surface area contributed by atoms with Crippen LogP contribution in [0.4, 0.5) is 4.79 Å². The predicted octanol–water partition coefficient (Wildman–Crippen LogP) is 1.92. The van der Waals surface area contributed by atoms with Gasteiger partial charge in [-0.05, 0) is 31.4 Å². The highest BCUT2D eigenvalue weighted by Gasteiger charge is 2.36. The maximum atomic E-state index is 12.2. The number of likely N-dealkylation sites (tertiary alicyclic amines) is 1. The SMILES string of the molecule is CCSC1CCCC1NC(=O)N1CCCC1C(=O)O. The topological polar surface area (TPSA) is 69.6 Å². The summed E-state index contributed by atoms with van der Waals surface area (Å²) in [7, 11) is 0. The van der Waals surface area contributed by atoms with Crippen LogP contribution in [0.3, 0.4) is 0 Å². The average molecular weight is 286 g/mol. The minimum atomic E-state index is -0.890. The highest BCUT2D eigenvalue weighted by molar-refractivity contribution is 7.99. The molecule has 3 atom stereocenters. The van der Waals surface area contributed by atoms with Gasteiger partial charge in [-0.3, -0.25) is 0 Å². The highest BCUT2D eigenvalue weighted by Crippen LogP contribution is 2.30. The van der Waals surface area contributed by atoms with Gasteiger partial charge in [-0.15, -0.1) is 0 Å². The molecule has 0 radical (unpaired) electrons. The second-order valence-corrected chi connectivity index (χ2v) is 6.69. The van der Waals surface area contributed by atoms with E-state index in [0.717, 1.165) is 31.4 Å². The molecule has 5 nitrogen and oxygen atoms in total. The number of nitrogens with one attached hydrogen (secondary N) is 1. The molecule has 0 aromatic heterocycles. The summed E-state index contributed by atoms with van der Waals surface area (Å²) in [5, 5.41) is 12.6. The van der Waals surface area contributed by atoms with Gasteiger partial charge in [0.15, 0.2) is 0 Å². The molecule has 1 aliphatic carbocycles. The minimum Gasteiger partial charge on any atom is -0.480 e. The number of aliphatic carboxylic acids is 1. The third-order valence-electron chi connectivity index (χ3n) is 3.94. The third kappa shape index (κ3) is 3.35. The molecule has 3 unspecified atom stereocenters. The molecule has 0 aromatic rings. The lowest BCUT2D eigenvalue weighted by molar-refractivity contribution is -0.141. The normalized spacial score (nSPS) is 30.6. The van der Waals surface area contributed by atoms with E-state index in [2.05, 4.69) is 12.2 Å². The molecule has 2 rings (SSSR count). The van der Waals surface area contributed by atoms with Gasteiger partial charge >= 0.3 is 12.0 Å². The summed E-state index contributed by atoms with van der Waals surface area (Å²) in [5.74, 6) is 0.164. The van der Waals surface area contributed by atoms with Gasteiger partial charge < -0.3 is 15.3 Å². The quantitative estimate of drug-likeness (QED) is 0.828. The summed E-state index contributed by atoms with van der Waals surface area (Å²) in [6.07, 6.45) is 4.65. The summed E-state index contributed by atoms with van der Waals surface area (Å²) in [4.78, 5) is 24.8. The van der Waals surface area contributed by atoms with Gasteiger partial charge in [-0.2, -0.15) is 11.8 Å². The molecule has 0 bridgehead atoms. The van der Waals surface area contributed by atoms with Crippen molar-refractivity contribution in [2.75, 3.05) is 12.3 Å². The van der Waals surface area contributed by atoms with Crippen molar-refractivity contribution in [2.45, 2.75) is 56.4 Å².